The van der Waals surface area contributed by atoms with Crippen molar-refractivity contribution in [2.45, 2.75) is 13.3 Å². The fourth-order valence-corrected chi connectivity index (χ4v) is 2.27. The summed E-state index contributed by atoms with van der Waals surface area (Å²) in [6.07, 6.45) is 0.864. The summed E-state index contributed by atoms with van der Waals surface area (Å²) in [5, 5.41) is 4.09. The summed E-state index contributed by atoms with van der Waals surface area (Å²) in [5.41, 5.74) is 1.13. The number of hydrogen-bond donors (Lipinski definition) is 1. The Morgan fingerprint density at radius 2 is 2.25 bits per heavy atom. The van der Waals surface area contributed by atoms with Gasteiger partial charge in [0.05, 0.1) is 13.2 Å². The van der Waals surface area contributed by atoms with Gasteiger partial charge in [0.2, 0.25) is 0 Å². The number of halogens is 2. The van der Waals surface area contributed by atoms with Crippen molar-refractivity contribution in [1.82, 2.24) is 10.2 Å². The SMILES string of the molecule is CCOc1ccc(Cl)cc1CCNC1=NCCN1C.I. The van der Waals surface area contributed by atoms with Gasteiger partial charge >= 0.3 is 0 Å². The second kappa shape index (κ2) is 8.56. The molecule has 4 nitrogen and oxygen atoms in total. The predicted octanol–water partition coefficient (Wildman–Crippen LogP) is 2.79. The minimum Gasteiger partial charge on any atom is -0.494 e. The second-order valence-corrected chi connectivity index (χ2v) is 4.93. The zero-order chi connectivity index (χ0) is 13.7. The Bertz CT molecular complexity index is 468. The van der Waals surface area contributed by atoms with Crippen molar-refractivity contribution in [2.24, 2.45) is 4.99 Å². The molecule has 1 aromatic rings. The zero-order valence-electron chi connectivity index (χ0n) is 11.9. The first-order chi connectivity index (χ1) is 9.20. The number of nitrogens with one attached hydrogen (secondary N) is 1. The van der Waals surface area contributed by atoms with Crippen LogP contribution in [0.5, 0.6) is 5.75 Å². The highest BCUT2D eigenvalue weighted by Gasteiger charge is 2.11. The van der Waals surface area contributed by atoms with Crippen molar-refractivity contribution in [1.29, 1.82) is 0 Å². The molecule has 0 radical (unpaired) electrons. The topological polar surface area (TPSA) is 36.9 Å². The Morgan fingerprint density at radius 3 is 2.90 bits per heavy atom. The molecule has 0 unspecified atom stereocenters. The van der Waals surface area contributed by atoms with E-state index in [0.717, 1.165) is 48.4 Å². The maximum atomic E-state index is 6.04. The van der Waals surface area contributed by atoms with Gasteiger partial charge in [0.1, 0.15) is 5.75 Å². The third-order valence-corrected chi connectivity index (χ3v) is 3.29. The fourth-order valence-electron chi connectivity index (χ4n) is 2.07. The predicted molar refractivity (Wildman–Crippen MR) is 94.7 cm³/mol. The van der Waals surface area contributed by atoms with Crippen LogP contribution in [0.4, 0.5) is 0 Å². The van der Waals surface area contributed by atoms with E-state index in [1.165, 1.54) is 0 Å². The first-order valence-corrected chi connectivity index (χ1v) is 6.99. The lowest BCUT2D eigenvalue weighted by molar-refractivity contribution is 0.336. The van der Waals surface area contributed by atoms with Crippen LogP contribution >= 0.6 is 35.6 Å². The highest BCUT2D eigenvalue weighted by atomic mass is 127. The van der Waals surface area contributed by atoms with Gasteiger partial charge in [-0.25, -0.2) is 0 Å². The van der Waals surface area contributed by atoms with Crippen LogP contribution in [0.1, 0.15) is 12.5 Å². The molecule has 1 aliphatic heterocycles. The quantitative estimate of drug-likeness (QED) is 0.760. The van der Waals surface area contributed by atoms with Crippen LogP contribution in [0.3, 0.4) is 0 Å². The number of ether oxygens (including phenoxy) is 1. The minimum absolute atomic E-state index is 0. The molecule has 1 N–H and O–H groups in total. The van der Waals surface area contributed by atoms with E-state index >= 15 is 0 Å². The van der Waals surface area contributed by atoms with Gasteiger partial charge in [-0.05, 0) is 37.1 Å². The minimum atomic E-state index is 0. The van der Waals surface area contributed by atoms with Gasteiger partial charge in [-0.15, -0.1) is 24.0 Å². The fraction of sp³-hybridized carbons (Fsp3) is 0.500. The van der Waals surface area contributed by atoms with Crippen molar-refractivity contribution >= 4 is 41.5 Å². The van der Waals surface area contributed by atoms with E-state index in [-0.39, 0.29) is 24.0 Å². The third kappa shape index (κ3) is 4.70. The number of guanidine groups is 1. The summed E-state index contributed by atoms with van der Waals surface area (Å²) in [7, 11) is 2.05. The van der Waals surface area contributed by atoms with E-state index in [4.69, 9.17) is 16.3 Å². The lowest BCUT2D eigenvalue weighted by atomic mass is 10.1. The number of benzene rings is 1. The summed E-state index contributed by atoms with van der Waals surface area (Å²) in [6, 6.07) is 5.76. The van der Waals surface area contributed by atoms with Crippen LogP contribution in [0, 0.1) is 0 Å². The summed E-state index contributed by atoms with van der Waals surface area (Å²) < 4.78 is 5.61. The Hall–Kier alpha value is -0.690. The number of hydrogen-bond acceptors (Lipinski definition) is 4. The number of nitrogens with zero attached hydrogens (tertiary/aromatic N) is 2. The van der Waals surface area contributed by atoms with Gasteiger partial charge in [-0.3, -0.25) is 4.99 Å². The Morgan fingerprint density at radius 1 is 1.45 bits per heavy atom. The molecule has 20 heavy (non-hydrogen) atoms. The summed E-state index contributed by atoms with van der Waals surface area (Å²) in [4.78, 5) is 6.52. The molecule has 6 heteroatoms. The molecule has 1 aliphatic rings. The molecule has 0 bridgehead atoms. The number of likely N-dealkylation sites (N-methyl/N-ethyl adjacent to an activating group) is 1. The van der Waals surface area contributed by atoms with Gasteiger partial charge in [0.15, 0.2) is 5.96 Å². The molecule has 112 valence electrons. The maximum absolute atomic E-state index is 6.04. The summed E-state index contributed by atoms with van der Waals surface area (Å²) in [5.74, 6) is 1.88. The van der Waals surface area contributed by atoms with Gasteiger partial charge in [0, 0.05) is 25.2 Å². The van der Waals surface area contributed by atoms with Crippen LogP contribution in [-0.2, 0) is 6.42 Å². The van der Waals surface area contributed by atoms with E-state index in [9.17, 15) is 0 Å². The average Bonchev–Trinajstić information content (AvgIpc) is 2.79. The van der Waals surface area contributed by atoms with Gasteiger partial charge in [0.25, 0.3) is 0 Å². The molecular weight excluding hydrogens is 389 g/mol. The molecule has 2 rings (SSSR count). The van der Waals surface area contributed by atoms with Crippen molar-refractivity contribution in [3.05, 3.63) is 28.8 Å². The summed E-state index contributed by atoms with van der Waals surface area (Å²) >= 11 is 6.04. The Labute approximate surface area is 142 Å². The van der Waals surface area contributed by atoms with Crippen molar-refractivity contribution in [3.63, 3.8) is 0 Å². The molecule has 0 aliphatic carbocycles. The van der Waals surface area contributed by atoms with Crippen molar-refractivity contribution in [2.75, 3.05) is 33.3 Å². The first kappa shape index (κ1) is 17.4. The highest BCUT2D eigenvalue weighted by molar-refractivity contribution is 14.0. The van der Waals surface area contributed by atoms with Crippen molar-refractivity contribution in [3.8, 4) is 5.75 Å². The van der Waals surface area contributed by atoms with Crippen molar-refractivity contribution < 1.29 is 4.74 Å². The van der Waals surface area contributed by atoms with Gasteiger partial charge < -0.3 is 15.0 Å². The lowest BCUT2D eigenvalue weighted by Gasteiger charge is -2.16. The van der Waals surface area contributed by atoms with Crippen LogP contribution in [-0.4, -0.2) is 44.1 Å². The molecule has 1 aromatic carbocycles. The van der Waals surface area contributed by atoms with E-state index < -0.39 is 0 Å². The first-order valence-electron chi connectivity index (χ1n) is 6.61. The Kier molecular flexibility index (Phi) is 7.43. The molecule has 0 fully saturated rings. The molecular formula is C14H21ClIN3O. The Balaban J connectivity index is 0.00000200. The van der Waals surface area contributed by atoms with E-state index in [1.807, 2.05) is 32.2 Å². The zero-order valence-corrected chi connectivity index (χ0v) is 14.9. The van der Waals surface area contributed by atoms with Gasteiger partial charge in [-0.2, -0.15) is 0 Å². The van der Waals surface area contributed by atoms with Crippen LogP contribution in [0.25, 0.3) is 0 Å². The maximum Gasteiger partial charge on any atom is 0.193 e. The summed E-state index contributed by atoms with van der Waals surface area (Å²) in [6.45, 7) is 5.34. The largest absolute Gasteiger partial charge is 0.494 e. The van der Waals surface area contributed by atoms with E-state index in [2.05, 4.69) is 15.2 Å². The molecule has 0 spiro atoms. The standard InChI is InChI=1S/C14H20ClN3O.HI/c1-3-19-13-5-4-12(15)10-11(13)6-7-16-14-17-8-9-18(14)2;/h4-5,10H,3,6-9H2,1-2H3,(H,16,17);1H. The molecule has 0 atom stereocenters. The number of aliphatic imine (C=N–C) groups is 1. The molecule has 1 heterocycles. The second-order valence-electron chi connectivity index (χ2n) is 4.49. The lowest BCUT2D eigenvalue weighted by Crippen LogP contribution is -2.36. The molecule has 0 saturated carbocycles. The van der Waals surface area contributed by atoms with Gasteiger partial charge in [-0.1, -0.05) is 11.6 Å². The normalized spacial score (nSPS) is 13.8. The van der Waals surface area contributed by atoms with E-state index in [0.29, 0.717) is 6.61 Å². The molecule has 0 aromatic heterocycles. The third-order valence-electron chi connectivity index (χ3n) is 3.06. The molecule has 0 amide bonds. The smallest absolute Gasteiger partial charge is 0.193 e. The highest BCUT2D eigenvalue weighted by Crippen LogP contribution is 2.23. The van der Waals surface area contributed by atoms with Crippen LogP contribution < -0.4 is 10.1 Å². The average molecular weight is 410 g/mol. The van der Waals surface area contributed by atoms with Crippen LogP contribution in [0.2, 0.25) is 5.02 Å². The molecule has 0 saturated heterocycles. The monoisotopic (exact) mass is 409 g/mol. The van der Waals surface area contributed by atoms with Crippen LogP contribution in [0.15, 0.2) is 23.2 Å². The van der Waals surface area contributed by atoms with E-state index in [1.54, 1.807) is 0 Å². The number of rotatable bonds is 5.